The summed E-state index contributed by atoms with van der Waals surface area (Å²) < 4.78 is 0. The molecule has 3 rings (SSSR count). The Labute approximate surface area is 156 Å². The molecular weight excluding hydrogens is 353 g/mol. The smallest absolute Gasteiger partial charge is 0.128 e. The first-order valence-electron chi connectivity index (χ1n) is 7.75. The number of hydrogen-bond donors (Lipinski definition) is 1. The molecule has 0 aliphatic rings. The third-order valence-electron chi connectivity index (χ3n) is 4.20. The van der Waals surface area contributed by atoms with Crippen LogP contribution in [-0.2, 0) is 5.60 Å². The normalized spacial score (nSPS) is 13.0. The van der Waals surface area contributed by atoms with Crippen molar-refractivity contribution >= 4 is 23.2 Å². The molecule has 25 heavy (non-hydrogen) atoms. The molecule has 0 aliphatic heterocycles. The second kappa shape index (κ2) is 7.29. The maximum atomic E-state index is 11.2. The largest absolute Gasteiger partial charge is 0.379 e. The molecule has 0 bridgehead atoms. The van der Waals surface area contributed by atoms with Crippen molar-refractivity contribution in [3.8, 4) is 17.2 Å². The van der Waals surface area contributed by atoms with E-state index in [4.69, 9.17) is 23.2 Å². The van der Waals surface area contributed by atoms with Crippen LogP contribution in [0.25, 0.3) is 11.1 Å². The highest BCUT2D eigenvalue weighted by Gasteiger charge is 2.31. The summed E-state index contributed by atoms with van der Waals surface area (Å²) in [6, 6.07) is 24.1. The van der Waals surface area contributed by atoms with E-state index in [1.807, 2.05) is 48.5 Å². The summed E-state index contributed by atoms with van der Waals surface area (Å²) in [5.41, 5.74) is 1.96. The summed E-state index contributed by atoms with van der Waals surface area (Å²) in [4.78, 5) is 0. The van der Waals surface area contributed by atoms with Crippen molar-refractivity contribution in [2.45, 2.75) is 12.0 Å². The lowest BCUT2D eigenvalue weighted by Gasteiger charge is -2.27. The van der Waals surface area contributed by atoms with E-state index in [-0.39, 0.29) is 6.42 Å². The Balaban J connectivity index is 1.98. The van der Waals surface area contributed by atoms with Gasteiger partial charge in [0.15, 0.2) is 0 Å². The van der Waals surface area contributed by atoms with Crippen LogP contribution in [-0.4, -0.2) is 5.11 Å². The summed E-state index contributed by atoms with van der Waals surface area (Å²) >= 11 is 11.9. The van der Waals surface area contributed by atoms with Crippen LogP contribution < -0.4 is 0 Å². The summed E-state index contributed by atoms with van der Waals surface area (Å²) in [6.07, 6.45) is -0.0467. The third-order valence-corrected chi connectivity index (χ3v) is 4.70. The average molecular weight is 368 g/mol. The van der Waals surface area contributed by atoms with Crippen molar-refractivity contribution in [2.75, 3.05) is 0 Å². The summed E-state index contributed by atoms with van der Waals surface area (Å²) in [5, 5.41) is 21.6. The van der Waals surface area contributed by atoms with E-state index in [9.17, 15) is 10.4 Å². The van der Waals surface area contributed by atoms with Gasteiger partial charge in [-0.1, -0.05) is 71.7 Å². The SMILES string of the molecule is N#CCC(O)(c1ccc(Cl)cc1)c1ccc(-c2ccc(Cl)cc2)cc1. The molecule has 2 nitrogen and oxygen atoms in total. The molecule has 0 heterocycles. The molecular formula is C21H15Cl2NO. The van der Waals surface area contributed by atoms with Crippen LogP contribution in [0.3, 0.4) is 0 Å². The quantitative estimate of drug-likeness (QED) is 0.632. The molecule has 3 aromatic carbocycles. The lowest BCUT2D eigenvalue weighted by molar-refractivity contribution is 0.0860. The van der Waals surface area contributed by atoms with Gasteiger partial charge in [0, 0.05) is 10.0 Å². The minimum absolute atomic E-state index is 0.0467. The molecule has 0 fully saturated rings. The number of rotatable bonds is 4. The fourth-order valence-corrected chi connectivity index (χ4v) is 3.04. The van der Waals surface area contributed by atoms with Crippen molar-refractivity contribution in [1.82, 2.24) is 0 Å². The predicted octanol–water partition coefficient (Wildman–Crippen LogP) is 5.81. The van der Waals surface area contributed by atoms with E-state index in [1.54, 1.807) is 24.3 Å². The summed E-state index contributed by atoms with van der Waals surface area (Å²) in [7, 11) is 0. The molecule has 0 amide bonds. The van der Waals surface area contributed by atoms with Crippen molar-refractivity contribution in [3.05, 3.63) is 94.0 Å². The fourth-order valence-electron chi connectivity index (χ4n) is 2.79. The fraction of sp³-hybridized carbons (Fsp3) is 0.0952. The molecule has 124 valence electrons. The van der Waals surface area contributed by atoms with Crippen molar-refractivity contribution < 1.29 is 5.11 Å². The first-order valence-corrected chi connectivity index (χ1v) is 8.50. The summed E-state index contributed by atoms with van der Waals surface area (Å²) in [6.45, 7) is 0. The zero-order valence-corrected chi connectivity index (χ0v) is 14.8. The number of aliphatic hydroxyl groups is 1. The van der Waals surface area contributed by atoms with Gasteiger partial charge in [-0.3, -0.25) is 0 Å². The first-order chi connectivity index (χ1) is 12.0. The van der Waals surface area contributed by atoms with Crippen molar-refractivity contribution in [3.63, 3.8) is 0 Å². The van der Waals surface area contributed by atoms with Gasteiger partial charge < -0.3 is 5.11 Å². The lowest BCUT2D eigenvalue weighted by atomic mass is 9.83. The maximum absolute atomic E-state index is 11.2. The number of nitrogens with zero attached hydrogens (tertiary/aromatic N) is 1. The van der Waals surface area contributed by atoms with Gasteiger partial charge in [-0.15, -0.1) is 0 Å². The van der Waals surface area contributed by atoms with E-state index in [1.165, 1.54) is 0 Å². The van der Waals surface area contributed by atoms with Crippen LogP contribution in [0.5, 0.6) is 0 Å². The molecule has 0 spiro atoms. The van der Waals surface area contributed by atoms with Crippen LogP contribution in [0.2, 0.25) is 10.0 Å². The standard InChI is InChI=1S/C21H15Cl2NO/c22-19-9-3-16(4-10-19)15-1-5-17(6-2-15)21(25,13-14-24)18-7-11-20(23)12-8-18/h1-12,25H,13H2. The van der Waals surface area contributed by atoms with Gasteiger partial charge in [0.1, 0.15) is 5.60 Å². The maximum Gasteiger partial charge on any atom is 0.128 e. The minimum atomic E-state index is -1.38. The molecule has 1 unspecified atom stereocenters. The Kier molecular flexibility index (Phi) is 5.11. The molecule has 0 aliphatic carbocycles. The second-order valence-corrected chi connectivity index (χ2v) is 6.66. The molecule has 1 atom stereocenters. The minimum Gasteiger partial charge on any atom is -0.379 e. The van der Waals surface area contributed by atoms with Gasteiger partial charge in [0.25, 0.3) is 0 Å². The number of nitriles is 1. The van der Waals surface area contributed by atoms with Crippen molar-refractivity contribution in [2.24, 2.45) is 0 Å². The molecule has 0 aromatic heterocycles. The number of benzene rings is 3. The van der Waals surface area contributed by atoms with Crippen LogP contribution in [0.4, 0.5) is 0 Å². The van der Waals surface area contributed by atoms with Gasteiger partial charge in [-0.05, 0) is 46.5 Å². The Morgan fingerprint density at radius 3 is 1.52 bits per heavy atom. The Morgan fingerprint density at radius 1 is 0.720 bits per heavy atom. The molecule has 0 saturated heterocycles. The molecule has 0 radical (unpaired) electrons. The molecule has 4 heteroatoms. The van der Waals surface area contributed by atoms with E-state index in [0.29, 0.717) is 21.2 Å². The highest BCUT2D eigenvalue weighted by molar-refractivity contribution is 6.30. The van der Waals surface area contributed by atoms with E-state index in [0.717, 1.165) is 11.1 Å². The topological polar surface area (TPSA) is 44.0 Å². The number of hydrogen-bond acceptors (Lipinski definition) is 2. The van der Waals surface area contributed by atoms with E-state index in [2.05, 4.69) is 6.07 Å². The van der Waals surface area contributed by atoms with Gasteiger partial charge in [-0.25, -0.2) is 0 Å². The van der Waals surface area contributed by atoms with Crippen molar-refractivity contribution in [1.29, 1.82) is 5.26 Å². The van der Waals surface area contributed by atoms with E-state index < -0.39 is 5.60 Å². The lowest BCUT2D eigenvalue weighted by Crippen LogP contribution is -2.26. The summed E-state index contributed by atoms with van der Waals surface area (Å²) in [5.74, 6) is 0. The van der Waals surface area contributed by atoms with Crippen LogP contribution in [0, 0.1) is 11.3 Å². The third kappa shape index (κ3) is 3.70. The van der Waals surface area contributed by atoms with Gasteiger partial charge in [0.05, 0.1) is 12.5 Å². The zero-order valence-electron chi connectivity index (χ0n) is 13.3. The predicted molar refractivity (Wildman–Crippen MR) is 102 cm³/mol. The number of halogens is 2. The van der Waals surface area contributed by atoms with Gasteiger partial charge in [0.2, 0.25) is 0 Å². The highest BCUT2D eigenvalue weighted by Crippen LogP contribution is 2.34. The Hall–Kier alpha value is -2.31. The van der Waals surface area contributed by atoms with E-state index >= 15 is 0 Å². The molecule has 1 N–H and O–H groups in total. The monoisotopic (exact) mass is 367 g/mol. The first kappa shape index (κ1) is 17.5. The van der Waals surface area contributed by atoms with Crippen LogP contribution >= 0.6 is 23.2 Å². The molecule has 3 aromatic rings. The highest BCUT2D eigenvalue weighted by atomic mass is 35.5. The van der Waals surface area contributed by atoms with Gasteiger partial charge in [-0.2, -0.15) is 5.26 Å². The second-order valence-electron chi connectivity index (χ2n) is 5.79. The van der Waals surface area contributed by atoms with Gasteiger partial charge >= 0.3 is 0 Å². The average Bonchev–Trinajstić information content (AvgIpc) is 2.63. The van der Waals surface area contributed by atoms with Crippen LogP contribution in [0.1, 0.15) is 17.5 Å². The Bertz CT molecular complexity index is 897. The molecule has 0 saturated carbocycles. The zero-order chi connectivity index (χ0) is 17.9. The van der Waals surface area contributed by atoms with Crippen LogP contribution in [0.15, 0.2) is 72.8 Å². The Morgan fingerprint density at radius 2 is 1.08 bits per heavy atom.